The van der Waals surface area contributed by atoms with E-state index in [0.717, 1.165) is 10.5 Å². The fraction of sp³-hybridized carbons (Fsp3) is 0.190. The van der Waals surface area contributed by atoms with Gasteiger partial charge in [-0.1, -0.05) is 17.7 Å². The number of nitrogens with one attached hydrogen (secondary N) is 1. The van der Waals surface area contributed by atoms with Crippen molar-refractivity contribution in [3.8, 4) is 17.2 Å². The summed E-state index contributed by atoms with van der Waals surface area (Å²) in [6, 6.07) is 7.01. The normalized spacial score (nSPS) is 15.3. The minimum absolute atomic E-state index is 0.241. The van der Waals surface area contributed by atoms with Crippen LogP contribution in [0.4, 0.5) is 10.5 Å². The van der Waals surface area contributed by atoms with Crippen molar-refractivity contribution in [2.75, 3.05) is 26.2 Å². The summed E-state index contributed by atoms with van der Waals surface area (Å²) in [6.45, 7) is 1.79. The number of ether oxygens (including phenoxy) is 3. The number of aryl methyl sites for hydroxylation is 1. The zero-order valence-corrected chi connectivity index (χ0v) is 17.5. The molecule has 4 amide bonds. The average Bonchev–Trinajstić information content (AvgIpc) is 2.72. The first kappa shape index (κ1) is 21.2. The molecule has 156 valence electrons. The molecule has 2 aromatic rings. The molecule has 0 aliphatic carbocycles. The molecule has 0 spiro atoms. The van der Waals surface area contributed by atoms with Gasteiger partial charge in [-0.2, -0.15) is 0 Å². The molecule has 0 unspecified atom stereocenters. The largest absolute Gasteiger partial charge is 0.496 e. The summed E-state index contributed by atoms with van der Waals surface area (Å²) in [5, 5.41) is 2.56. The molecule has 1 fully saturated rings. The molecule has 9 heteroatoms. The smallest absolute Gasteiger partial charge is 0.335 e. The number of anilines is 1. The Hall–Kier alpha value is -3.52. The first-order chi connectivity index (χ1) is 14.3. The summed E-state index contributed by atoms with van der Waals surface area (Å²) in [5.41, 5.74) is 1.17. The first-order valence-electron chi connectivity index (χ1n) is 8.78. The molecular weight excluding hydrogens is 412 g/mol. The quantitative estimate of drug-likeness (QED) is 0.577. The molecule has 1 aliphatic rings. The Morgan fingerprint density at radius 2 is 1.57 bits per heavy atom. The SMILES string of the molecule is COc1cc(OC)c(OC)cc1/C=C1\C(=O)NC(=O)N(c2ccc(C)c(Cl)c2)C1=O. The third-order valence-electron chi connectivity index (χ3n) is 4.55. The van der Waals surface area contributed by atoms with E-state index >= 15 is 0 Å². The van der Waals surface area contributed by atoms with Gasteiger partial charge in [0.15, 0.2) is 11.5 Å². The number of methoxy groups -OCH3 is 3. The van der Waals surface area contributed by atoms with Gasteiger partial charge in [0.2, 0.25) is 0 Å². The highest BCUT2D eigenvalue weighted by Gasteiger charge is 2.37. The Labute approximate surface area is 178 Å². The maximum Gasteiger partial charge on any atom is 0.335 e. The van der Waals surface area contributed by atoms with Crippen molar-refractivity contribution >= 4 is 41.2 Å². The summed E-state index contributed by atoms with van der Waals surface area (Å²) in [4.78, 5) is 38.7. The number of hydrogen-bond donors (Lipinski definition) is 1. The number of hydrogen-bond acceptors (Lipinski definition) is 6. The van der Waals surface area contributed by atoms with Gasteiger partial charge in [0, 0.05) is 16.7 Å². The first-order valence-corrected chi connectivity index (χ1v) is 9.16. The van der Waals surface area contributed by atoms with E-state index < -0.39 is 17.8 Å². The van der Waals surface area contributed by atoms with E-state index in [0.29, 0.717) is 27.8 Å². The summed E-state index contributed by atoms with van der Waals surface area (Å²) in [6.07, 6.45) is 1.33. The topological polar surface area (TPSA) is 94.2 Å². The van der Waals surface area contributed by atoms with Gasteiger partial charge < -0.3 is 14.2 Å². The second kappa shape index (κ2) is 8.46. The van der Waals surface area contributed by atoms with Crippen LogP contribution in [0.5, 0.6) is 17.2 Å². The van der Waals surface area contributed by atoms with E-state index in [2.05, 4.69) is 5.32 Å². The van der Waals surface area contributed by atoms with Crippen LogP contribution in [0.2, 0.25) is 5.02 Å². The molecule has 0 bridgehead atoms. The predicted molar refractivity (Wildman–Crippen MR) is 111 cm³/mol. The molecule has 0 atom stereocenters. The van der Waals surface area contributed by atoms with E-state index in [4.69, 9.17) is 25.8 Å². The summed E-state index contributed by atoms with van der Waals surface area (Å²) < 4.78 is 15.9. The van der Waals surface area contributed by atoms with Gasteiger partial charge in [0.05, 0.1) is 27.0 Å². The molecule has 3 rings (SSSR count). The number of carbonyl (C=O) groups excluding carboxylic acids is 3. The highest BCUT2D eigenvalue weighted by molar-refractivity contribution is 6.39. The van der Waals surface area contributed by atoms with Crippen LogP contribution >= 0.6 is 11.6 Å². The lowest BCUT2D eigenvalue weighted by molar-refractivity contribution is -0.122. The van der Waals surface area contributed by atoms with Gasteiger partial charge in [-0.15, -0.1) is 0 Å². The third kappa shape index (κ3) is 3.81. The van der Waals surface area contributed by atoms with Crippen molar-refractivity contribution in [3.05, 3.63) is 52.1 Å². The molecular formula is C21H19ClN2O6. The van der Waals surface area contributed by atoms with E-state index in [9.17, 15) is 14.4 Å². The van der Waals surface area contributed by atoms with E-state index in [1.165, 1.54) is 33.5 Å². The van der Waals surface area contributed by atoms with Gasteiger partial charge in [-0.3, -0.25) is 14.9 Å². The maximum atomic E-state index is 13.1. The number of amides is 4. The number of carbonyl (C=O) groups is 3. The highest BCUT2D eigenvalue weighted by atomic mass is 35.5. The van der Waals surface area contributed by atoms with Gasteiger partial charge in [0.25, 0.3) is 11.8 Å². The summed E-state index contributed by atoms with van der Waals surface area (Å²) in [5.74, 6) is -0.464. The van der Waals surface area contributed by atoms with Gasteiger partial charge in [0.1, 0.15) is 11.3 Å². The van der Waals surface area contributed by atoms with Crippen molar-refractivity contribution < 1.29 is 28.6 Å². The Kier molecular flexibility index (Phi) is 5.98. The average molecular weight is 431 g/mol. The highest BCUT2D eigenvalue weighted by Crippen LogP contribution is 2.36. The molecule has 1 N–H and O–H groups in total. The molecule has 8 nitrogen and oxygen atoms in total. The van der Waals surface area contributed by atoms with Crippen LogP contribution in [-0.4, -0.2) is 39.2 Å². The maximum absolute atomic E-state index is 13.1. The lowest BCUT2D eigenvalue weighted by Gasteiger charge is -2.26. The van der Waals surface area contributed by atoms with Crippen LogP contribution in [0.3, 0.4) is 0 Å². The number of barbiturate groups is 1. The zero-order valence-electron chi connectivity index (χ0n) is 16.7. The summed E-state index contributed by atoms with van der Waals surface area (Å²) in [7, 11) is 4.38. The van der Waals surface area contributed by atoms with E-state index in [1.54, 1.807) is 31.2 Å². The van der Waals surface area contributed by atoms with Gasteiger partial charge in [-0.25, -0.2) is 9.69 Å². The van der Waals surface area contributed by atoms with Crippen LogP contribution in [0.15, 0.2) is 35.9 Å². The van der Waals surface area contributed by atoms with Crippen molar-refractivity contribution in [3.63, 3.8) is 0 Å². The number of halogens is 1. The number of benzene rings is 2. The van der Waals surface area contributed by atoms with Crippen LogP contribution < -0.4 is 24.4 Å². The monoisotopic (exact) mass is 430 g/mol. The fourth-order valence-corrected chi connectivity index (χ4v) is 3.11. The van der Waals surface area contributed by atoms with E-state index in [1.807, 2.05) is 0 Å². The Morgan fingerprint density at radius 1 is 0.933 bits per heavy atom. The van der Waals surface area contributed by atoms with Crippen LogP contribution in [0.1, 0.15) is 11.1 Å². The van der Waals surface area contributed by atoms with E-state index in [-0.39, 0.29) is 11.3 Å². The number of urea groups is 1. The molecule has 1 saturated heterocycles. The Balaban J connectivity index is 2.10. The van der Waals surface area contributed by atoms with Crippen molar-refractivity contribution in [1.29, 1.82) is 0 Å². The Bertz CT molecular complexity index is 1080. The van der Waals surface area contributed by atoms with Gasteiger partial charge >= 0.3 is 6.03 Å². The molecule has 1 aliphatic heterocycles. The predicted octanol–water partition coefficient (Wildman–Crippen LogP) is 3.34. The number of imide groups is 2. The fourth-order valence-electron chi connectivity index (χ4n) is 2.93. The van der Waals surface area contributed by atoms with Crippen LogP contribution in [0, 0.1) is 6.92 Å². The van der Waals surface area contributed by atoms with Crippen molar-refractivity contribution in [2.24, 2.45) is 0 Å². The Morgan fingerprint density at radius 3 is 2.17 bits per heavy atom. The molecule has 1 heterocycles. The standard InChI is InChI=1S/C21H19ClN2O6/c1-11-5-6-13(9-15(11)22)24-20(26)14(19(25)23-21(24)27)7-12-8-17(29-3)18(30-4)10-16(12)28-2/h5-10H,1-4H3,(H,23,25,27)/b14-7+. The number of nitrogens with zero attached hydrogens (tertiary/aromatic N) is 1. The molecule has 30 heavy (non-hydrogen) atoms. The molecule has 0 saturated carbocycles. The minimum atomic E-state index is -0.860. The van der Waals surface area contributed by atoms with Crippen molar-refractivity contribution in [2.45, 2.75) is 6.92 Å². The van der Waals surface area contributed by atoms with Gasteiger partial charge in [-0.05, 0) is 36.8 Å². The summed E-state index contributed by atoms with van der Waals surface area (Å²) >= 11 is 6.13. The molecule has 2 aromatic carbocycles. The lowest BCUT2D eigenvalue weighted by Crippen LogP contribution is -2.54. The minimum Gasteiger partial charge on any atom is -0.496 e. The van der Waals surface area contributed by atoms with Crippen LogP contribution in [0.25, 0.3) is 6.08 Å². The molecule has 0 aromatic heterocycles. The number of rotatable bonds is 5. The zero-order chi connectivity index (χ0) is 22.0. The second-order valence-electron chi connectivity index (χ2n) is 6.34. The molecule has 0 radical (unpaired) electrons. The third-order valence-corrected chi connectivity index (χ3v) is 4.96. The van der Waals surface area contributed by atoms with Crippen molar-refractivity contribution in [1.82, 2.24) is 5.32 Å². The lowest BCUT2D eigenvalue weighted by atomic mass is 10.0. The second-order valence-corrected chi connectivity index (χ2v) is 6.75. The van der Waals surface area contributed by atoms with Crippen LogP contribution in [-0.2, 0) is 9.59 Å².